The molecule has 0 bridgehead atoms. The lowest BCUT2D eigenvalue weighted by Gasteiger charge is -1.82. The van der Waals surface area contributed by atoms with Gasteiger partial charge in [-0.15, -0.1) is 0 Å². The molecule has 0 aromatic rings. The van der Waals surface area contributed by atoms with Gasteiger partial charge >= 0.3 is 5.97 Å². The number of carbonyl (C=O) groups excluding carboxylic acids is 1. The number of carbonyl (C=O) groups is 1. The number of nitrogens with two attached hydrogens (primary N) is 1. The number of esters is 1. The standard InChI is InChI=1S/C4H5O2.C3H8N/c1-3-4(5)6-2;1-2-3-4/h3H,1-2H2;1-4H2. The van der Waals surface area contributed by atoms with Gasteiger partial charge in [-0.25, -0.2) is 4.79 Å². The average Bonchev–Trinajstić information content (AvgIpc) is 2.03. The lowest BCUT2D eigenvalue weighted by molar-refractivity contribution is -0.132. The van der Waals surface area contributed by atoms with Crippen LogP contribution >= 0.6 is 0 Å². The molecular formula is C7H13NO2. The van der Waals surface area contributed by atoms with E-state index in [9.17, 15) is 4.79 Å². The van der Waals surface area contributed by atoms with Gasteiger partial charge in [-0.2, -0.15) is 0 Å². The molecule has 0 spiro atoms. The van der Waals surface area contributed by atoms with Crippen LogP contribution in [0, 0.1) is 14.0 Å². The largest absolute Gasteiger partial charge is 0.459 e. The zero-order valence-electron chi connectivity index (χ0n) is 6.01. The first-order valence-corrected chi connectivity index (χ1v) is 2.80. The predicted molar refractivity (Wildman–Crippen MR) is 40.7 cm³/mol. The van der Waals surface area contributed by atoms with Crippen molar-refractivity contribution in [2.75, 3.05) is 6.54 Å². The topological polar surface area (TPSA) is 52.3 Å². The molecule has 3 heteroatoms. The Kier molecular flexibility index (Phi) is 13.1. The average molecular weight is 143 g/mol. The van der Waals surface area contributed by atoms with Gasteiger partial charge in [0.05, 0.1) is 0 Å². The second-order valence-electron chi connectivity index (χ2n) is 1.31. The maximum Gasteiger partial charge on any atom is 0.330 e. The Morgan fingerprint density at radius 1 is 1.70 bits per heavy atom. The number of hydrogen-bond acceptors (Lipinski definition) is 3. The number of rotatable bonds is 2. The van der Waals surface area contributed by atoms with E-state index in [1.807, 2.05) is 0 Å². The van der Waals surface area contributed by atoms with Gasteiger partial charge < -0.3 is 10.5 Å². The zero-order valence-corrected chi connectivity index (χ0v) is 6.01. The quantitative estimate of drug-likeness (QED) is 0.456. The van der Waals surface area contributed by atoms with E-state index < -0.39 is 5.97 Å². The Morgan fingerprint density at radius 2 is 2.10 bits per heavy atom. The third-order valence-electron chi connectivity index (χ3n) is 0.513. The fraction of sp³-hybridized carbons (Fsp3) is 0.286. The molecule has 0 unspecified atom stereocenters. The highest BCUT2D eigenvalue weighted by molar-refractivity contribution is 5.81. The molecule has 10 heavy (non-hydrogen) atoms. The van der Waals surface area contributed by atoms with Gasteiger partial charge in [0.15, 0.2) is 0 Å². The number of ether oxygens (including phenoxy) is 1. The third kappa shape index (κ3) is 15.7. The van der Waals surface area contributed by atoms with E-state index in [2.05, 4.69) is 25.3 Å². The summed E-state index contributed by atoms with van der Waals surface area (Å²) in [7, 11) is 2.84. The van der Waals surface area contributed by atoms with Crippen LogP contribution in [0.3, 0.4) is 0 Å². The van der Waals surface area contributed by atoms with Crippen LogP contribution in [-0.2, 0) is 9.53 Å². The molecule has 2 N–H and O–H groups in total. The van der Waals surface area contributed by atoms with Gasteiger partial charge in [-0.05, 0) is 13.0 Å². The Bertz CT molecular complexity index is 89.6. The smallest absolute Gasteiger partial charge is 0.330 e. The van der Waals surface area contributed by atoms with E-state index in [0.717, 1.165) is 12.5 Å². The molecule has 2 radical (unpaired) electrons. The molecule has 0 aliphatic heterocycles. The highest BCUT2D eigenvalue weighted by Gasteiger charge is 1.82. The summed E-state index contributed by atoms with van der Waals surface area (Å²) in [6.07, 6.45) is 1.90. The Morgan fingerprint density at radius 3 is 2.10 bits per heavy atom. The van der Waals surface area contributed by atoms with E-state index in [1.165, 1.54) is 0 Å². The summed E-state index contributed by atoms with van der Waals surface area (Å²) in [5, 5.41) is 0. The van der Waals surface area contributed by atoms with Crippen molar-refractivity contribution >= 4 is 5.97 Å². The molecule has 0 saturated heterocycles. The molecule has 0 heterocycles. The van der Waals surface area contributed by atoms with E-state index in [1.54, 1.807) is 0 Å². The van der Waals surface area contributed by atoms with Crippen LogP contribution in [-0.4, -0.2) is 12.5 Å². The minimum Gasteiger partial charge on any atom is -0.459 e. The first-order valence-electron chi connectivity index (χ1n) is 2.80. The van der Waals surface area contributed by atoms with Crippen LogP contribution < -0.4 is 5.73 Å². The monoisotopic (exact) mass is 143 g/mol. The fourth-order valence-corrected chi connectivity index (χ4v) is 0.0589. The summed E-state index contributed by atoms with van der Waals surface area (Å²) < 4.78 is 3.89. The number of hydrogen-bond donors (Lipinski definition) is 1. The molecular weight excluding hydrogens is 130 g/mol. The highest BCUT2D eigenvalue weighted by Crippen LogP contribution is 1.70. The summed E-state index contributed by atoms with van der Waals surface area (Å²) in [6.45, 7) is 7.30. The van der Waals surface area contributed by atoms with Gasteiger partial charge in [0, 0.05) is 6.08 Å². The summed E-state index contributed by atoms with van der Waals surface area (Å²) in [5.41, 5.74) is 4.97. The van der Waals surface area contributed by atoms with Crippen LogP contribution in [0.25, 0.3) is 0 Å². The summed E-state index contributed by atoms with van der Waals surface area (Å²) in [6, 6.07) is 0. The van der Waals surface area contributed by atoms with E-state index >= 15 is 0 Å². The normalized spacial score (nSPS) is 7.10. The molecule has 0 fully saturated rings. The molecule has 0 amide bonds. The Hall–Kier alpha value is -0.830. The third-order valence-corrected chi connectivity index (χ3v) is 0.513. The van der Waals surface area contributed by atoms with E-state index in [0.29, 0.717) is 6.54 Å². The van der Waals surface area contributed by atoms with Gasteiger partial charge in [-0.1, -0.05) is 13.5 Å². The molecule has 58 valence electrons. The van der Waals surface area contributed by atoms with Crippen molar-refractivity contribution in [3.05, 3.63) is 26.7 Å². The van der Waals surface area contributed by atoms with Crippen molar-refractivity contribution in [3.63, 3.8) is 0 Å². The van der Waals surface area contributed by atoms with E-state index in [-0.39, 0.29) is 0 Å². The van der Waals surface area contributed by atoms with Gasteiger partial charge in [0.1, 0.15) is 7.11 Å². The van der Waals surface area contributed by atoms with Crippen molar-refractivity contribution in [1.82, 2.24) is 0 Å². The van der Waals surface area contributed by atoms with Crippen molar-refractivity contribution in [1.29, 1.82) is 0 Å². The lowest BCUT2D eigenvalue weighted by Crippen LogP contribution is -1.93. The Labute approximate surface area is 61.9 Å². The van der Waals surface area contributed by atoms with Crippen molar-refractivity contribution in [2.24, 2.45) is 5.73 Å². The second kappa shape index (κ2) is 11.0. The molecule has 0 aliphatic rings. The SMILES string of the molecule is [CH2]CCN.[CH2]OC(=O)C=C. The van der Waals surface area contributed by atoms with Gasteiger partial charge in [0.2, 0.25) is 0 Å². The first kappa shape index (κ1) is 11.9. The second-order valence-corrected chi connectivity index (χ2v) is 1.31. The molecule has 0 aliphatic carbocycles. The van der Waals surface area contributed by atoms with Gasteiger partial charge in [0.25, 0.3) is 0 Å². The minimum absolute atomic E-state index is 0.505. The summed E-state index contributed by atoms with van der Waals surface area (Å²) in [4.78, 5) is 9.78. The highest BCUT2D eigenvalue weighted by atomic mass is 16.5. The molecule has 0 atom stereocenters. The van der Waals surface area contributed by atoms with Crippen molar-refractivity contribution in [3.8, 4) is 0 Å². The molecule has 0 aromatic heterocycles. The maximum atomic E-state index is 9.78. The molecule has 0 aromatic carbocycles. The van der Waals surface area contributed by atoms with Crippen molar-refractivity contribution < 1.29 is 9.53 Å². The molecule has 0 saturated carbocycles. The molecule has 0 rings (SSSR count). The van der Waals surface area contributed by atoms with Crippen LogP contribution in [0.15, 0.2) is 12.7 Å². The predicted octanol–water partition coefficient (Wildman–Crippen LogP) is 0.676. The van der Waals surface area contributed by atoms with E-state index in [4.69, 9.17) is 5.73 Å². The lowest BCUT2D eigenvalue weighted by atomic mass is 10.5. The minimum atomic E-state index is -0.505. The fourth-order valence-electron chi connectivity index (χ4n) is 0.0589. The van der Waals surface area contributed by atoms with Crippen LogP contribution in [0.5, 0.6) is 0 Å². The summed E-state index contributed by atoms with van der Waals surface area (Å²) in [5.74, 6) is -0.505. The Balaban J connectivity index is 0. The van der Waals surface area contributed by atoms with Crippen LogP contribution in [0.2, 0.25) is 0 Å². The summed E-state index contributed by atoms with van der Waals surface area (Å²) >= 11 is 0. The van der Waals surface area contributed by atoms with Crippen LogP contribution in [0.1, 0.15) is 6.42 Å². The van der Waals surface area contributed by atoms with Gasteiger partial charge in [-0.3, -0.25) is 0 Å². The molecule has 3 nitrogen and oxygen atoms in total. The van der Waals surface area contributed by atoms with Crippen LogP contribution in [0.4, 0.5) is 0 Å². The zero-order chi connectivity index (χ0) is 8.41. The van der Waals surface area contributed by atoms with Crippen molar-refractivity contribution in [2.45, 2.75) is 6.42 Å². The first-order chi connectivity index (χ1) is 4.72. The maximum absolute atomic E-state index is 9.78.